The van der Waals surface area contributed by atoms with Gasteiger partial charge in [0, 0.05) is 19.6 Å². The molecule has 2 heterocycles. The second kappa shape index (κ2) is 6.87. The molecule has 2 aliphatic rings. The monoisotopic (exact) mass is 284 g/mol. The Balaban J connectivity index is 1.75. The van der Waals surface area contributed by atoms with Gasteiger partial charge < -0.3 is 9.84 Å². The molecule has 5 heteroatoms. The van der Waals surface area contributed by atoms with Crippen molar-refractivity contribution in [2.45, 2.75) is 51.9 Å². The minimum atomic E-state index is -0.709. The first-order chi connectivity index (χ1) is 9.45. The zero-order valence-corrected chi connectivity index (χ0v) is 12.9. The summed E-state index contributed by atoms with van der Waals surface area (Å²) in [5.41, 5.74) is 0. The normalized spacial score (nSPS) is 32.1. The minimum Gasteiger partial charge on any atom is -0.480 e. The van der Waals surface area contributed by atoms with Gasteiger partial charge in [-0.25, -0.2) is 0 Å². The van der Waals surface area contributed by atoms with Gasteiger partial charge in [0.05, 0.1) is 12.2 Å². The third kappa shape index (κ3) is 4.17. The Kier molecular flexibility index (Phi) is 5.41. The predicted octanol–water partition coefficient (Wildman–Crippen LogP) is 1.28. The van der Waals surface area contributed by atoms with Gasteiger partial charge in [0.2, 0.25) is 0 Å². The summed E-state index contributed by atoms with van der Waals surface area (Å²) in [7, 11) is 0. The van der Waals surface area contributed by atoms with E-state index in [1.54, 1.807) is 6.92 Å². The molecule has 5 nitrogen and oxygen atoms in total. The lowest BCUT2D eigenvalue weighted by Gasteiger charge is -2.40. The van der Waals surface area contributed by atoms with Crippen molar-refractivity contribution in [3.63, 3.8) is 0 Å². The molecule has 2 saturated heterocycles. The van der Waals surface area contributed by atoms with Crippen molar-refractivity contribution in [2.75, 3.05) is 32.7 Å². The van der Waals surface area contributed by atoms with Gasteiger partial charge in [-0.1, -0.05) is 0 Å². The summed E-state index contributed by atoms with van der Waals surface area (Å²) in [5.74, 6) is -0.0102. The zero-order chi connectivity index (χ0) is 14.7. The van der Waals surface area contributed by atoms with E-state index in [-0.39, 0.29) is 6.04 Å². The molecule has 0 radical (unpaired) electrons. The van der Waals surface area contributed by atoms with Crippen molar-refractivity contribution in [3.8, 4) is 0 Å². The molecule has 2 aliphatic heterocycles. The summed E-state index contributed by atoms with van der Waals surface area (Å²) in [4.78, 5) is 15.6. The molecular formula is C15H28N2O3. The zero-order valence-electron chi connectivity index (χ0n) is 12.9. The maximum absolute atomic E-state index is 11.0. The highest BCUT2D eigenvalue weighted by Gasteiger charge is 2.29. The quantitative estimate of drug-likeness (QED) is 0.843. The molecular weight excluding hydrogens is 256 g/mol. The number of carboxylic acid groups (broad SMARTS) is 1. The van der Waals surface area contributed by atoms with Crippen molar-refractivity contribution in [3.05, 3.63) is 0 Å². The van der Waals surface area contributed by atoms with Crippen LogP contribution in [0.25, 0.3) is 0 Å². The molecule has 0 aromatic carbocycles. The van der Waals surface area contributed by atoms with Crippen LogP contribution in [0.4, 0.5) is 0 Å². The highest BCUT2D eigenvalue weighted by Crippen LogP contribution is 2.22. The van der Waals surface area contributed by atoms with Crippen LogP contribution in [0.5, 0.6) is 0 Å². The first-order valence-electron chi connectivity index (χ1n) is 7.80. The smallest absolute Gasteiger partial charge is 0.320 e. The molecule has 3 atom stereocenters. The summed E-state index contributed by atoms with van der Waals surface area (Å²) < 4.78 is 5.77. The largest absolute Gasteiger partial charge is 0.480 e. The van der Waals surface area contributed by atoms with Crippen LogP contribution in [-0.4, -0.2) is 71.8 Å². The van der Waals surface area contributed by atoms with Crippen LogP contribution in [0.3, 0.4) is 0 Å². The fraction of sp³-hybridized carbons (Fsp3) is 0.933. The molecule has 0 spiro atoms. The van der Waals surface area contributed by atoms with Gasteiger partial charge in [0.15, 0.2) is 0 Å². The second-order valence-electron chi connectivity index (χ2n) is 6.47. The molecule has 0 aliphatic carbocycles. The highest BCUT2D eigenvalue weighted by atomic mass is 16.5. The number of hydrogen-bond acceptors (Lipinski definition) is 4. The Morgan fingerprint density at radius 1 is 1.25 bits per heavy atom. The number of hydrogen-bond donors (Lipinski definition) is 1. The first kappa shape index (κ1) is 15.7. The number of carbonyl (C=O) groups is 1. The molecule has 0 aromatic heterocycles. The van der Waals surface area contributed by atoms with Gasteiger partial charge in [-0.05, 0) is 52.6 Å². The standard InChI is InChI=1S/C15H28N2O3/c1-11-8-16(9-12(2)20-11)10-14-4-6-17(7-5-14)13(3)15(18)19/h11-14H,4-10H2,1-3H3,(H,18,19)/t11-,12-,13-/m1/s1. The Labute approximate surface area is 121 Å². The van der Waals surface area contributed by atoms with Gasteiger partial charge in [-0.2, -0.15) is 0 Å². The SMILES string of the molecule is C[C@@H]1CN(CC2CCN([C@H](C)C(=O)O)CC2)C[C@@H](C)O1. The van der Waals surface area contributed by atoms with Crippen LogP contribution in [0.2, 0.25) is 0 Å². The fourth-order valence-electron chi connectivity index (χ4n) is 3.48. The third-order valence-electron chi connectivity index (χ3n) is 4.57. The van der Waals surface area contributed by atoms with E-state index < -0.39 is 5.97 Å². The van der Waals surface area contributed by atoms with Crippen LogP contribution in [0.15, 0.2) is 0 Å². The number of rotatable bonds is 4. The van der Waals surface area contributed by atoms with Crippen molar-refractivity contribution in [1.82, 2.24) is 9.80 Å². The molecule has 1 N–H and O–H groups in total. The maximum atomic E-state index is 11.0. The lowest BCUT2D eigenvalue weighted by atomic mass is 9.94. The molecule has 20 heavy (non-hydrogen) atoms. The third-order valence-corrected chi connectivity index (χ3v) is 4.57. The number of piperidine rings is 1. The molecule has 0 bridgehead atoms. The summed E-state index contributed by atoms with van der Waals surface area (Å²) in [6.07, 6.45) is 2.87. The van der Waals surface area contributed by atoms with Crippen molar-refractivity contribution >= 4 is 5.97 Å². The van der Waals surface area contributed by atoms with E-state index in [2.05, 4.69) is 23.6 Å². The molecule has 2 rings (SSSR count). The number of ether oxygens (including phenoxy) is 1. The minimum absolute atomic E-state index is 0.325. The molecule has 0 aromatic rings. The average molecular weight is 284 g/mol. The number of likely N-dealkylation sites (tertiary alicyclic amines) is 1. The van der Waals surface area contributed by atoms with E-state index in [1.807, 2.05) is 0 Å². The van der Waals surface area contributed by atoms with Crippen molar-refractivity contribution in [1.29, 1.82) is 0 Å². The molecule has 2 fully saturated rings. The number of carboxylic acids is 1. The van der Waals surface area contributed by atoms with Gasteiger partial charge in [-0.15, -0.1) is 0 Å². The van der Waals surface area contributed by atoms with E-state index in [4.69, 9.17) is 9.84 Å². The van der Waals surface area contributed by atoms with Crippen LogP contribution in [-0.2, 0) is 9.53 Å². The molecule has 116 valence electrons. The van der Waals surface area contributed by atoms with Gasteiger partial charge in [0.1, 0.15) is 6.04 Å². The number of aliphatic carboxylic acids is 1. The Morgan fingerprint density at radius 2 is 1.80 bits per heavy atom. The lowest BCUT2D eigenvalue weighted by Crippen LogP contribution is -2.49. The lowest BCUT2D eigenvalue weighted by molar-refractivity contribution is -0.143. The van der Waals surface area contributed by atoms with Crippen LogP contribution < -0.4 is 0 Å². The summed E-state index contributed by atoms with van der Waals surface area (Å²) in [6.45, 7) is 11.1. The van der Waals surface area contributed by atoms with E-state index >= 15 is 0 Å². The average Bonchev–Trinajstić information content (AvgIpc) is 2.37. The second-order valence-corrected chi connectivity index (χ2v) is 6.47. The Bertz CT molecular complexity index is 319. The van der Waals surface area contributed by atoms with Gasteiger partial charge in [0.25, 0.3) is 0 Å². The number of morpholine rings is 1. The van der Waals surface area contributed by atoms with E-state index in [0.717, 1.165) is 45.6 Å². The maximum Gasteiger partial charge on any atom is 0.320 e. The fourth-order valence-corrected chi connectivity index (χ4v) is 3.48. The summed E-state index contributed by atoms with van der Waals surface area (Å²) >= 11 is 0. The van der Waals surface area contributed by atoms with Crippen molar-refractivity contribution < 1.29 is 14.6 Å². The highest BCUT2D eigenvalue weighted by molar-refractivity contribution is 5.72. The molecule has 0 saturated carbocycles. The summed E-state index contributed by atoms with van der Waals surface area (Å²) in [6, 6.07) is -0.348. The first-order valence-corrected chi connectivity index (χ1v) is 7.80. The van der Waals surface area contributed by atoms with E-state index in [9.17, 15) is 4.79 Å². The van der Waals surface area contributed by atoms with Crippen molar-refractivity contribution in [2.24, 2.45) is 5.92 Å². The van der Waals surface area contributed by atoms with Gasteiger partial charge in [-0.3, -0.25) is 14.6 Å². The molecule has 0 amide bonds. The van der Waals surface area contributed by atoms with E-state index in [1.165, 1.54) is 0 Å². The van der Waals surface area contributed by atoms with Gasteiger partial charge >= 0.3 is 5.97 Å². The van der Waals surface area contributed by atoms with Crippen LogP contribution >= 0.6 is 0 Å². The molecule has 0 unspecified atom stereocenters. The Morgan fingerprint density at radius 3 is 2.30 bits per heavy atom. The van der Waals surface area contributed by atoms with Crippen LogP contribution in [0, 0.1) is 5.92 Å². The topological polar surface area (TPSA) is 53.0 Å². The van der Waals surface area contributed by atoms with E-state index in [0.29, 0.717) is 18.1 Å². The Hall–Kier alpha value is -0.650. The summed E-state index contributed by atoms with van der Waals surface area (Å²) in [5, 5.41) is 9.06. The van der Waals surface area contributed by atoms with Crippen LogP contribution in [0.1, 0.15) is 33.6 Å². The predicted molar refractivity (Wildman–Crippen MR) is 77.8 cm³/mol. The number of nitrogens with zero attached hydrogens (tertiary/aromatic N) is 2.